The zero-order valence-electron chi connectivity index (χ0n) is 12.7. The average Bonchev–Trinajstić information content (AvgIpc) is 3.07. The van der Waals surface area contributed by atoms with Gasteiger partial charge in [-0.15, -0.1) is 11.3 Å². The summed E-state index contributed by atoms with van der Waals surface area (Å²) in [6.45, 7) is 3.89. The molecule has 0 bridgehead atoms. The van der Waals surface area contributed by atoms with Gasteiger partial charge in [0.25, 0.3) is 0 Å². The second-order valence-corrected chi connectivity index (χ2v) is 6.03. The largest absolute Gasteiger partial charge is 0.326 e. The van der Waals surface area contributed by atoms with Gasteiger partial charge in [0.2, 0.25) is 11.0 Å². The molecule has 0 aliphatic carbocycles. The highest BCUT2D eigenvalue weighted by molar-refractivity contribution is 7.12. The first-order valence-corrected chi connectivity index (χ1v) is 7.93. The Morgan fingerprint density at radius 1 is 1.30 bits per heavy atom. The zero-order chi connectivity index (χ0) is 16.4. The molecule has 0 atom stereocenters. The fourth-order valence-electron chi connectivity index (χ4n) is 2.20. The Balaban J connectivity index is 1.68. The molecule has 2 heterocycles. The van der Waals surface area contributed by atoms with E-state index in [0.29, 0.717) is 11.4 Å². The Kier molecular flexibility index (Phi) is 4.20. The molecule has 3 rings (SSSR count). The molecule has 23 heavy (non-hydrogen) atoms. The first kappa shape index (κ1) is 15.4. The summed E-state index contributed by atoms with van der Waals surface area (Å²) >= 11 is 1.44. The highest BCUT2D eigenvalue weighted by Crippen LogP contribution is 2.18. The third-order valence-corrected chi connectivity index (χ3v) is 4.07. The van der Waals surface area contributed by atoms with Crippen LogP contribution >= 0.6 is 11.3 Å². The number of thiazole rings is 1. The van der Waals surface area contributed by atoms with Gasteiger partial charge < -0.3 is 5.32 Å². The molecule has 0 saturated heterocycles. The van der Waals surface area contributed by atoms with E-state index in [-0.39, 0.29) is 18.1 Å². The second kappa shape index (κ2) is 6.29. The molecule has 2 aromatic heterocycles. The standard InChI is InChI=1S/C16H15FN4OS/c1-10-7-11(2)21(20-10)16-19-14(9-23-16)8-15(22)18-13-5-3-12(17)4-6-13/h3-7,9H,8H2,1-2H3,(H,18,22). The van der Waals surface area contributed by atoms with Crippen molar-refractivity contribution in [3.8, 4) is 5.13 Å². The topological polar surface area (TPSA) is 59.8 Å². The van der Waals surface area contributed by atoms with Crippen molar-refractivity contribution in [2.24, 2.45) is 0 Å². The van der Waals surface area contributed by atoms with E-state index in [9.17, 15) is 9.18 Å². The van der Waals surface area contributed by atoms with E-state index in [4.69, 9.17) is 0 Å². The van der Waals surface area contributed by atoms with Crippen molar-refractivity contribution in [2.45, 2.75) is 20.3 Å². The van der Waals surface area contributed by atoms with Gasteiger partial charge in [-0.05, 0) is 44.2 Å². The van der Waals surface area contributed by atoms with Crippen molar-refractivity contribution in [1.82, 2.24) is 14.8 Å². The van der Waals surface area contributed by atoms with Crippen LogP contribution in [-0.4, -0.2) is 20.7 Å². The summed E-state index contributed by atoms with van der Waals surface area (Å²) in [5, 5.41) is 9.68. The summed E-state index contributed by atoms with van der Waals surface area (Å²) in [5.41, 5.74) is 3.16. The summed E-state index contributed by atoms with van der Waals surface area (Å²) in [5.74, 6) is -0.529. The van der Waals surface area contributed by atoms with Crippen molar-refractivity contribution >= 4 is 22.9 Å². The van der Waals surface area contributed by atoms with Crippen molar-refractivity contribution in [2.75, 3.05) is 5.32 Å². The summed E-state index contributed by atoms with van der Waals surface area (Å²) in [6.07, 6.45) is 0.160. The normalized spacial score (nSPS) is 10.7. The Morgan fingerprint density at radius 2 is 2.04 bits per heavy atom. The van der Waals surface area contributed by atoms with Gasteiger partial charge in [-0.3, -0.25) is 4.79 Å². The van der Waals surface area contributed by atoms with Gasteiger partial charge in [0.15, 0.2) is 0 Å². The number of rotatable bonds is 4. The van der Waals surface area contributed by atoms with Gasteiger partial charge in [0.05, 0.1) is 17.8 Å². The van der Waals surface area contributed by atoms with Crippen LogP contribution in [0.4, 0.5) is 10.1 Å². The van der Waals surface area contributed by atoms with Crippen LogP contribution in [-0.2, 0) is 11.2 Å². The van der Waals surface area contributed by atoms with Gasteiger partial charge in [0, 0.05) is 16.8 Å². The fraction of sp³-hybridized carbons (Fsp3) is 0.188. The average molecular weight is 330 g/mol. The number of anilines is 1. The highest BCUT2D eigenvalue weighted by atomic mass is 32.1. The lowest BCUT2D eigenvalue weighted by molar-refractivity contribution is -0.115. The molecule has 0 fully saturated rings. The summed E-state index contributed by atoms with van der Waals surface area (Å²) in [7, 11) is 0. The third-order valence-electron chi connectivity index (χ3n) is 3.20. The van der Waals surface area contributed by atoms with Crippen LogP contribution in [0.5, 0.6) is 0 Å². The Labute approximate surface area is 136 Å². The molecule has 7 heteroatoms. The molecule has 1 aromatic carbocycles. The van der Waals surface area contributed by atoms with Crippen LogP contribution in [0.3, 0.4) is 0 Å². The number of aromatic nitrogens is 3. The van der Waals surface area contributed by atoms with E-state index in [1.165, 1.54) is 35.6 Å². The Morgan fingerprint density at radius 3 is 2.70 bits per heavy atom. The first-order chi connectivity index (χ1) is 11.0. The molecule has 0 spiro atoms. The molecule has 0 radical (unpaired) electrons. The molecule has 0 aliphatic heterocycles. The number of amides is 1. The maximum absolute atomic E-state index is 12.8. The molecule has 1 amide bonds. The molecule has 0 saturated carbocycles. The number of halogens is 1. The minimum Gasteiger partial charge on any atom is -0.326 e. The summed E-state index contributed by atoms with van der Waals surface area (Å²) < 4.78 is 14.6. The molecule has 0 aliphatic rings. The number of hydrogen-bond donors (Lipinski definition) is 1. The number of hydrogen-bond acceptors (Lipinski definition) is 4. The Hall–Kier alpha value is -2.54. The quantitative estimate of drug-likeness (QED) is 0.799. The molecular formula is C16H15FN4OS. The number of aryl methyl sites for hydroxylation is 2. The maximum atomic E-state index is 12.8. The molecule has 3 aromatic rings. The highest BCUT2D eigenvalue weighted by Gasteiger charge is 2.11. The number of carbonyl (C=O) groups excluding carboxylic acids is 1. The van der Waals surface area contributed by atoms with Gasteiger partial charge in [-0.2, -0.15) is 5.10 Å². The lowest BCUT2D eigenvalue weighted by atomic mass is 10.3. The SMILES string of the molecule is Cc1cc(C)n(-c2nc(CC(=O)Nc3ccc(F)cc3)cs2)n1. The minimum atomic E-state index is -0.336. The van der Waals surface area contributed by atoms with Crippen molar-refractivity contribution in [3.05, 3.63) is 58.6 Å². The van der Waals surface area contributed by atoms with E-state index in [2.05, 4.69) is 15.4 Å². The Bertz CT molecular complexity index is 838. The number of carbonyl (C=O) groups is 1. The van der Waals surface area contributed by atoms with Gasteiger partial charge >= 0.3 is 0 Å². The zero-order valence-corrected chi connectivity index (χ0v) is 13.5. The van der Waals surface area contributed by atoms with E-state index in [0.717, 1.165) is 16.5 Å². The van der Waals surface area contributed by atoms with Gasteiger partial charge in [-0.25, -0.2) is 14.1 Å². The summed E-state index contributed by atoms with van der Waals surface area (Å²) in [6, 6.07) is 7.63. The molecule has 0 unspecified atom stereocenters. The minimum absolute atomic E-state index is 0.160. The van der Waals surface area contributed by atoms with Crippen LogP contribution in [0.25, 0.3) is 5.13 Å². The molecular weight excluding hydrogens is 315 g/mol. The maximum Gasteiger partial charge on any atom is 0.230 e. The third kappa shape index (κ3) is 3.62. The molecule has 5 nitrogen and oxygen atoms in total. The van der Waals surface area contributed by atoms with Crippen molar-refractivity contribution in [3.63, 3.8) is 0 Å². The molecule has 1 N–H and O–H groups in total. The van der Waals surface area contributed by atoms with Crippen molar-refractivity contribution < 1.29 is 9.18 Å². The van der Waals surface area contributed by atoms with Gasteiger partial charge in [-0.1, -0.05) is 0 Å². The predicted octanol–water partition coefficient (Wildman–Crippen LogP) is 3.27. The van der Waals surface area contributed by atoms with Crippen LogP contribution in [0, 0.1) is 19.7 Å². The smallest absolute Gasteiger partial charge is 0.230 e. The lowest BCUT2D eigenvalue weighted by Crippen LogP contribution is -2.14. The van der Waals surface area contributed by atoms with Crippen LogP contribution in [0.1, 0.15) is 17.1 Å². The van der Waals surface area contributed by atoms with E-state index in [1.54, 1.807) is 4.68 Å². The van der Waals surface area contributed by atoms with Crippen LogP contribution < -0.4 is 5.32 Å². The lowest BCUT2D eigenvalue weighted by Gasteiger charge is -2.03. The summed E-state index contributed by atoms with van der Waals surface area (Å²) in [4.78, 5) is 16.5. The van der Waals surface area contributed by atoms with E-state index in [1.807, 2.05) is 25.3 Å². The van der Waals surface area contributed by atoms with E-state index < -0.39 is 0 Å². The van der Waals surface area contributed by atoms with Crippen LogP contribution in [0.15, 0.2) is 35.7 Å². The van der Waals surface area contributed by atoms with E-state index >= 15 is 0 Å². The second-order valence-electron chi connectivity index (χ2n) is 5.19. The molecule has 118 valence electrons. The van der Waals surface area contributed by atoms with Gasteiger partial charge in [0.1, 0.15) is 5.82 Å². The van der Waals surface area contributed by atoms with Crippen LogP contribution in [0.2, 0.25) is 0 Å². The number of nitrogens with zero attached hydrogens (tertiary/aromatic N) is 3. The first-order valence-electron chi connectivity index (χ1n) is 7.05. The number of benzene rings is 1. The predicted molar refractivity (Wildman–Crippen MR) is 87.4 cm³/mol. The number of nitrogens with one attached hydrogen (secondary N) is 1. The fourth-order valence-corrected chi connectivity index (χ4v) is 3.03. The monoisotopic (exact) mass is 330 g/mol. The van der Waals surface area contributed by atoms with Crippen molar-refractivity contribution in [1.29, 1.82) is 0 Å².